The summed E-state index contributed by atoms with van der Waals surface area (Å²) in [5.41, 5.74) is 13.6. The minimum Gasteiger partial charge on any atom is -0.307 e. The predicted octanol–water partition coefficient (Wildman–Crippen LogP) is 10.1. The summed E-state index contributed by atoms with van der Waals surface area (Å²) in [6.45, 7) is 14.1. The van der Waals surface area contributed by atoms with Crippen LogP contribution in [0, 0.1) is 0 Å². The van der Waals surface area contributed by atoms with Crippen LogP contribution in [0.2, 0.25) is 0 Å². The van der Waals surface area contributed by atoms with Crippen LogP contribution < -0.4 is 4.57 Å². The average Bonchev–Trinajstić information content (AvgIpc) is 3.42. The van der Waals surface area contributed by atoms with E-state index in [4.69, 9.17) is 6.58 Å². The van der Waals surface area contributed by atoms with Crippen molar-refractivity contribution in [1.82, 2.24) is 9.55 Å². The van der Waals surface area contributed by atoms with E-state index < -0.39 is 0 Å². The SMILES string of the molecule is C=C1c2ccc(-c3cc4c5c(c3)c3ccncc3n5-c3ccccc3C4(C)C)cc2-c2c3ccccc3cc[n+]2C1(CC)CC. The molecule has 3 nitrogen and oxygen atoms in total. The predicted molar refractivity (Wildman–Crippen MR) is 187 cm³/mol. The highest BCUT2D eigenvalue weighted by atomic mass is 15.1. The zero-order valence-electron chi connectivity index (χ0n) is 26.4. The fourth-order valence-electron chi connectivity index (χ4n) is 8.67. The Hall–Kier alpha value is -5.02. The summed E-state index contributed by atoms with van der Waals surface area (Å²) >= 11 is 0. The molecule has 3 heteroatoms. The molecule has 45 heavy (non-hydrogen) atoms. The summed E-state index contributed by atoms with van der Waals surface area (Å²) in [6.07, 6.45) is 8.23. The first-order chi connectivity index (χ1) is 21.9. The Kier molecular flexibility index (Phi) is 5.29. The summed E-state index contributed by atoms with van der Waals surface area (Å²) < 4.78 is 4.96. The molecule has 0 radical (unpaired) electrons. The van der Waals surface area contributed by atoms with Crippen molar-refractivity contribution in [2.24, 2.45) is 0 Å². The lowest BCUT2D eigenvalue weighted by atomic mass is 9.73. The van der Waals surface area contributed by atoms with Crippen LogP contribution >= 0.6 is 0 Å². The highest BCUT2D eigenvalue weighted by Crippen LogP contribution is 2.50. The van der Waals surface area contributed by atoms with Gasteiger partial charge in [0.1, 0.15) is 0 Å². The van der Waals surface area contributed by atoms with Gasteiger partial charge in [0.2, 0.25) is 5.69 Å². The van der Waals surface area contributed by atoms with Crippen molar-refractivity contribution in [3.05, 3.63) is 133 Å². The van der Waals surface area contributed by atoms with Gasteiger partial charge < -0.3 is 4.57 Å². The van der Waals surface area contributed by atoms with Crippen molar-refractivity contribution in [1.29, 1.82) is 0 Å². The van der Waals surface area contributed by atoms with E-state index in [0.717, 1.165) is 18.4 Å². The molecule has 2 aliphatic heterocycles. The quantitative estimate of drug-likeness (QED) is 0.190. The third-order valence-corrected chi connectivity index (χ3v) is 11.1. The van der Waals surface area contributed by atoms with Crippen LogP contribution in [0.3, 0.4) is 0 Å². The van der Waals surface area contributed by atoms with Gasteiger partial charge in [-0.1, -0.05) is 82.8 Å². The maximum Gasteiger partial charge on any atom is 0.221 e. The van der Waals surface area contributed by atoms with E-state index in [2.05, 4.69) is 139 Å². The van der Waals surface area contributed by atoms with Gasteiger partial charge in [0, 0.05) is 46.9 Å². The zero-order chi connectivity index (χ0) is 30.7. The largest absolute Gasteiger partial charge is 0.307 e. The lowest BCUT2D eigenvalue weighted by molar-refractivity contribution is -0.740. The van der Waals surface area contributed by atoms with Crippen LogP contribution in [0.5, 0.6) is 0 Å². The molecule has 0 fully saturated rings. The number of nitrogens with zero attached hydrogens (tertiary/aromatic N) is 3. The molecular formula is C42H36N3+. The van der Waals surface area contributed by atoms with Crippen molar-refractivity contribution in [3.63, 3.8) is 0 Å². The molecule has 3 aromatic heterocycles. The number of hydrogen-bond acceptors (Lipinski definition) is 1. The Morgan fingerprint density at radius 2 is 1.56 bits per heavy atom. The van der Waals surface area contributed by atoms with Crippen LogP contribution in [0.25, 0.3) is 66.2 Å². The van der Waals surface area contributed by atoms with Gasteiger partial charge in [-0.05, 0) is 69.6 Å². The molecule has 0 bridgehead atoms. The fraction of sp³-hybridized carbons (Fsp3) is 0.190. The highest BCUT2D eigenvalue weighted by molar-refractivity contribution is 6.13. The molecule has 0 unspecified atom stereocenters. The Morgan fingerprint density at radius 1 is 0.756 bits per heavy atom. The summed E-state index contributed by atoms with van der Waals surface area (Å²) in [4.78, 5) is 4.56. The van der Waals surface area contributed by atoms with E-state index in [9.17, 15) is 0 Å². The minimum atomic E-state index is -0.161. The van der Waals surface area contributed by atoms with Crippen LogP contribution in [0.4, 0.5) is 0 Å². The molecular weight excluding hydrogens is 546 g/mol. The molecule has 0 N–H and O–H groups in total. The van der Waals surface area contributed by atoms with E-state index in [0.29, 0.717) is 0 Å². The third-order valence-electron chi connectivity index (χ3n) is 11.1. The van der Waals surface area contributed by atoms with Gasteiger partial charge in [-0.15, -0.1) is 0 Å². The van der Waals surface area contributed by atoms with Crippen molar-refractivity contribution < 1.29 is 4.57 Å². The van der Waals surface area contributed by atoms with Gasteiger partial charge in [0.05, 0.1) is 33.9 Å². The van der Waals surface area contributed by atoms with Crippen LogP contribution in [0.1, 0.15) is 57.2 Å². The smallest absolute Gasteiger partial charge is 0.221 e. The maximum atomic E-state index is 4.76. The Balaban J connectivity index is 1.36. The van der Waals surface area contributed by atoms with E-state index in [-0.39, 0.29) is 11.0 Å². The van der Waals surface area contributed by atoms with Crippen LogP contribution in [-0.2, 0) is 11.0 Å². The number of allylic oxidation sites excluding steroid dienone is 1. The number of benzene rings is 4. The second kappa shape index (κ2) is 9.01. The van der Waals surface area contributed by atoms with Gasteiger partial charge in [0.25, 0.3) is 0 Å². The average molecular weight is 583 g/mol. The first-order valence-electron chi connectivity index (χ1n) is 16.2. The maximum absolute atomic E-state index is 4.76. The molecule has 2 aliphatic rings. The van der Waals surface area contributed by atoms with Crippen molar-refractivity contribution in [3.8, 4) is 28.1 Å². The Morgan fingerprint density at radius 3 is 2.40 bits per heavy atom. The zero-order valence-corrected chi connectivity index (χ0v) is 26.4. The summed E-state index contributed by atoms with van der Waals surface area (Å²) in [5, 5.41) is 5.07. The van der Waals surface area contributed by atoms with Crippen LogP contribution in [-0.4, -0.2) is 9.55 Å². The number of fused-ring (bicyclic) bond motifs is 10. The molecule has 0 aliphatic carbocycles. The van der Waals surface area contributed by atoms with E-state index in [1.165, 1.54) is 77.4 Å². The molecule has 4 aromatic carbocycles. The van der Waals surface area contributed by atoms with Gasteiger partial charge in [-0.25, -0.2) is 0 Å². The normalized spacial score (nSPS) is 15.7. The number of para-hydroxylation sites is 1. The van der Waals surface area contributed by atoms with Crippen LogP contribution in [0.15, 0.2) is 116 Å². The molecule has 0 amide bonds. The van der Waals surface area contributed by atoms with Crippen molar-refractivity contribution >= 4 is 38.2 Å². The van der Waals surface area contributed by atoms with Gasteiger partial charge in [0.15, 0.2) is 11.7 Å². The molecule has 0 atom stereocenters. The molecule has 0 saturated heterocycles. The molecule has 7 aromatic rings. The van der Waals surface area contributed by atoms with Gasteiger partial charge in [-0.3, -0.25) is 4.98 Å². The highest BCUT2D eigenvalue weighted by Gasteiger charge is 2.47. The topological polar surface area (TPSA) is 21.7 Å². The van der Waals surface area contributed by atoms with E-state index in [1.807, 2.05) is 12.4 Å². The summed E-state index contributed by atoms with van der Waals surface area (Å²) in [7, 11) is 0. The first kappa shape index (κ1) is 26.4. The standard InChI is InChI=1S/C42H36N3/c1-6-42(7-2)26(3)30-17-16-28(22-33(30)39-31-13-9-8-12-27(31)19-21-44(39)42)29-23-34-32-18-20-43-25-38(32)45-37-15-11-10-14-35(37)41(4,5)36(24-29)40(34)45/h8-25H,3,6-7H2,1-2,4-5H3/q+1. The van der Waals surface area contributed by atoms with E-state index in [1.54, 1.807) is 0 Å². The molecule has 0 spiro atoms. The van der Waals surface area contributed by atoms with Crippen molar-refractivity contribution in [2.75, 3.05) is 0 Å². The Labute approximate surface area is 264 Å². The molecule has 5 heterocycles. The molecule has 218 valence electrons. The second-order valence-corrected chi connectivity index (χ2v) is 13.4. The van der Waals surface area contributed by atoms with Crippen molar-refractivity contribution in [2.45, 2.75) is 51.5 Å². The van der Waals surface area contributed by atoms with Gasteiger partial charge in [-0.2, -0.15) is 4.57 Å². The monoisotopic (exact) mass is 582 g/mol. The number of rotatable bonds is 3. The number of hydrogen-bond donors (Lipinski definition) is 0. The Bertz CT molecular complexity index is 2400. The lowest BCUT2D eigenvalue weighted by Gasteiger charge is -2.36. The molecule has 0 saturated carbocycles. The third kappa shape index (κ3) is 3.25. The second-order valence-electron chi connectivity index (χ2n) is 13.4. The summed E-state index contributed by atoms with van der Waals surface area (Å²) in [5.74, 6) is 0. The number of aromatic nitrogens is 3. The number of pyridine rings is 2. The fourth-order valence-corrected chi connectivity index (χ4v) is 8.67. The summed E-state index contributed by atoms with van der Waals surface area (Å²) in [6, 6.07) is 34.0. The first-order valence-corrected chi connectivity index (χ1v) is 16.2. The lowest BCUT2D eigenvalue weighted by Crippen LogP contribution is -2.59. The van der Waals surface area contributed by atoms with Gasteiger partial charge >= 0.3 is 0 Å². The minimum absolute atomic E-state index is 0.149. The molecule has 9 rings (SSSR count). The van der Waals surface area contributed by atoms with E-state index >= 15 is 0 Å².